The number of nitrogens with one attached hydrogen (secondary N) is 1. The molecule has 2 saturated heterocycles. The van der Waals surface area contributed by atoms with Crippen LogP contribution in [0.1, 0.15) is 46.0 Å². The molecule has 3 unspecified atom stereocenters. The van der Waals surface area contributed by atoms with Gasteiger partial charge in [-0.1, -0.05) is 6.42 Å². The molecule has 0 aromatic carbocycles. The maximum Gasteiger partial charge on any atom is 0.0218 e. The summed E-state index contributed by atoms with van der Waals surface area (Å²) in [7, 11) is 2.25. The molecule has 0 aromatic rings. The van der Waals surface area contributed by atoms with Gasteiger partial charge in [-0.2, -0.15) is 0 Å². The average molecular weight is 239 g/mol. The minimum Gasteiger partial charge on any atom is -0.306 e. The molecule has 2 heterocycles. The lowest BCUT2D eigenvalue weighted by Gasteiger charge is -2.40. The fourth-order valence-electron chi connectivity index (χ4n) is 3.41. The predicted octanol–water partition coefficient (Wildman–Crippen LogP) is 2.10. The summed E-state index contributed by atoms with van der Waals surface area (Å²) in [4.78, 5) is 2.47. The van der Waals surface area contributed by atoms with E-state index < -0.39 is 0 Å². The highest BCUT2D eigenvalue weighted by Gasteiger charge is 2.25. The Morgan fingerprint density at radius 1 is 1.06 bits per heavy atom. The first kappa shape index (κ1) is 13.3. The third kappa shape index (κ3) is 3.67. The van der Waals surface area contributed by atoms with Gasteiger partial charge in [-0.15, -0.1) is 0 Å². The van der Waals surface area contributed by atoms with Crippen LogP contribution in [0.15, 0.2) is 0 Å². The van der Waals surface area contributed by atoms with Crippen LogP contribution in [0.3, 0.4) is 0 Å². The number of hydrogen-bond donors (Lipinski definition) is 1. The van der Waals surface area contributed by atoms with Gasteiger partial charge in [-0.3, -0.25) is 5.43 Å². The van der Waals surface area contributed by atoms with Gasteiger partial charge in [0.15, 0.2) is 0 Å². The van der Waals surface area contributed by atoms with Crippen molar-refractivity contribution in [3.63, 3.8) is 0 Å². The van der Waals surface area contributed by atoms with Crippen molar-refractivity contribution in [2.24, 2.45) is 5.92 Å². The van der Waals surface area contributed by atoms with E-state index in [-0.39, 0.29) is 0 Å². The molecule has 0 aliphatic carbocycles. The van der Waals surface area contributed by atoms with Gasteiger partial charge < -0.3 is 4.90 Å². The van der Waals surface area contributed by atoms with Gasteiger partial charge in [0.05, 0.1) is 0 Å². The van der Waals surface area contributed by atoms with Crippen molar-refractivity contribution in [2.75, 3.05) is 26.7 Å². The van der Waals surface area contributed by atoms with Gasteiger partial charge in [0.1, 0.15) is 0 Å². The standard InChI is InChI=1S/C14H29N3/c1-12-6-4-7-13(2)17(12)15-10-14-8-5-9-16(3)11-14/h12-15H,4-11H2,1-3H3. The molecule has 2 aliphatic rings. The summed E-state index contributed by atoms with van der Waals surface area (Å²) in [5, 5.41) is 2.51. The summed E-state index contributed by atoms with van der Waals surface area (Å²) in [5.41, 5.74) is 3.72. The van der Waals surface area contributed by atoms with Crippen LogP contribution in [0.5, 0.6) is 0 Å². The van der Waals surface area contributed by atoms with E-state index in [1.165, 1.54) is 51.7 Å². The van der Waals surface area contributed by atoms with E-state index in [9.17, 15) is 0 Å². The summed E-state index contributed by atoms with van der Waals surface area (Å²) in [6.45, 7) is 8.43. The monoisotopic (exact) mass is 239 g/mol. The maximum atomic E-state index is 3.72. The molecule has 0 spiro atoms. The second-order valence-corrected chi connectivity index (χ2v) is 6.17. The molecule has 0 aromatic heterocycles. The first-order valence-electron chi connectivity index (χ1n) is 7.37. The van der Waals surface area contributed by atoms with Crippen molar-refractivity contribution in [3.8, 4) is 0 Å². The Hall–Kier alpha value is -0.120. The van der Waals surface area contributed by atoms with Crippen LogP contribution in [-0.4, -0.2) is 48.7 Å². The quantitative estimate of drug-likeness (QED) is 0.813. The van der Waals surface area contributed by atoms with Crippen molar-refractivity contribution >= 4 is 0 Å². The molecule has 17 heavy (non-hydrogen) atoms. The van der Waals surface area contributed by atoms with Crippen molar-refractivity contribution in [1.82, 2.24) is 15.3 Å². The van der Waals surface area contributed by atoms with Crippen LogP contribution < -0.4 is 5.43 Å². The Morgan fingerprint density at radius 3 is 2.41 bits per heavy atom. The maximum absolute atomic E-state index is 3.72. The normalized spacial score (nSPS) is 37.2. The molecule has 2 fully saturated rings. The Morgan fingerprint density at radius 2 is 1.76 bits per heavy atom. The highest BCUT2D eigenvalue weighted by atomic mass is 15.5. The molecule has 1 N–H and O–H groups in total. The third-order valence-electron chi connectivity index (χ3n) is 4.48. The summed E-state index contributed by atoms with van der Waals surface area (Å²) < 4.78 is 0. The van der Waals surface area contributed by atoms with Crippen molar-refractivity contribution in [1.29, 1.82) is 0 Å². The summed E-state index contributed by atoms with van der Waals surface area (Å²) in [5.74, 6) is 0.843. The van der Waals surface area contributed by atoms with Crippen molar-refractivity contribution in [3.05, 3.63) is 0 Å². The fourth-order valence-corrected chi connectivity index (χ4v) is 3.41. The van der Waals surface area contributed by atoms with E-state index in [0.717, 1.165) is 5.92 Å². The number of hydrogen-bond acceptors (Lipinski definition) is 3. The summed E-state index contributed by atoms with van der Waals surface area (Å²) in [6, 6.07) is 1.42. The number of nitrogens with zero attached hydrogens (tertiary/aromatic N) is 2. The van der Waals surface area contributed by atoms with E-state index in [0.29, 0.717) is 12.1 Å². The highest BCUT2D eigenvalue weighted by molar-refractivity contribution is 4.78. The highest BCUT2D eigenvalue weighted by Crippen LogP contribution is 2.21. The van der Waals surface area contributed by atoms with E-state index in [1.54, 1.807) is 0 Å². The number of likely N-dealkylation sites (tertiary alicyclic amines) is 1. The Bertz CT molecular complexity index is 222. The molecule has 0 radical (unpaired) electrons. The molecule has 100 valence electrons. The zero-order valence-electron chi connectivity index (χ0n) is 11.8. The molecule has 0 bridgehead atoms. The van der Waals surface area contributed by atoms with Gasteiger partial charge in [-0.25, -0.2) is 5.01 Å². The zero-order chi connectivity index (χ0) is 12.3. The largest absolute Gasteiger partial charge is 0.306 e. The molecular weight excluding hydrogens is 210 g/mol. The molecule has 0 amide bonds. The summed E-state index contributed by atoms with van der Waals surface area (Å²) >= 11 is 0. The predicted molar refractivity (Wildman–Crippen MR) is 72.8 cm³/mol. The topological polar surface area (TPSA) is 18.5 Å². The first-order chi connectivity index (χ1) is 8.16. The van der Waals surface area contributed by atoms with Crippen LogP contribution >= 0.6 is 0 Å². The molecule has 3 atom stereocenters. The van der Waals surface area contributed by atoms with E-state index >= 15 is 0 Å². The molecule has 0 saturated carbocycles. The lowest BCUT2D eigenvalue weighted by Crippen LogP contribution is -2.54. The Kier molecular flexibility index (Phi) is 4.83. The van der Waals surface area contributed by atoms with Gasteiger partial charge >= 0.3 is 0 Å². The van der Waals surface area contributed by atoms with Gasteiger partial charge in [0.25, 0.3) is 0 Å². The molecule has 2 rings (SSSR count). The van der Waals surface area contributed by atoms with Crippen molar-refractivity contribution in [2.45, 2.75) is 58.0 Å². The lowest BCUT2D eigenvalue weighted by atomic mass is 9.98. The van der Waals surface area contributed by atoms with Crippen LogP contribution in [0.25, 0.3) is 0 Å². The van der Waals surface area contributed by atoms with Gasteiger partial charge in [-0.05, 0) is 59.0 Å². The minimum atomic E-state index is 0.708. The van der Waals surface area contributed by atoms with Gasteiger partial charge in [0.2, 0.25) is 0 Å². The number of hydrazine groups is 1. The first-order valence-corrected chi connectivity index (χ1v) is 7.37. The minimum absolute atomic E-state index is 0.708. The Balaban J connectivity index is 1.76. The smallest absolute Gasteiger partial charge is 0.0218 e. The van der Waals surface area contributed by atoms with E-state index in [2.05, 4.69) is 36.2 Å². The molecule has 3 heteroatoms. The van der Waals surface area contributed by atoms with Crippen LogP contribution in [0.2, 0.25) is 0 Å². The Labute approximate surface area is 107 Å². The second-order valence-electron chi connectivity index (χ2n) is 6.17. The SMILES string of the molecule is CC1CCCC(C)N1NCC1CCCN(C)C1. The van der Waals surface area contributed by atoms with Crippen LogP contribution in [-0.2, 0) is 0 Å². The number of piperidine rings is 2. The third-order valence-corrected chi connectivity index (χ3v) is 4.48. The zero-order valence-corrected chi connectivity index (χ0v) is 11.8. The molecule has 3 nitrogen and oxygen atoms in total. The average Bonchev–Trinajstić information content (AvgIpc) is 2.28. The molecule has 2 aliphatic heterocycles. The van der Waals surface area contributed by atoms with Crippen molar-refractivity contribution < 1.29 is 0 Å². The van der Waals surface area contributed by atoms with Gasteiger partial charge in [0, 0.05) is 25.2 Å². The second kappa shape index (κ2) is 6.17. The fraction of sp³-hybridized carbons (Fsp3) is 1.00. The summed E-state index contributed by atoms with van der Waals surface area (Å²) in [6.07, 6.45) is 6.86. The van der Waals surface area contributed by atoms with E-state index in [1.807, 2.05) is 0 Å². The van der Waals surface area contributed by atoms with Crippen LogP contribution in [0, 0.1) is 5.92 Å². The van der Waals surface area contributed by atoms with Crippen LogP contribution in [0.4, 0.5) is 0 Å². The molecular formula is C14H29N3. The lowest BCUT2D eigenvalue weighted by molar-refractivity contribution is 0.0350. The van der Waals surface area contributed by atoms with E-state index in [4.69, 9.17) is 0 Å². The number of rotatable bonds is 3.